The van der Waals surface area contributed by atoms with Crippen LogP contribution in [0.1, 0.15) is 61.5 Å². The number of benzene rings is 5. The summed E-state index contributed by atoms with van der Waals surface area (Å²) >= 11 is 4.73. The van der Waals surface area contributed by atoms with Crippen LogP contribution < -0.4 is 4.90 Å². The number of aliphatic carboxylic acids is 2. The van der Waals surface area contributed by atoms with Gasteiger partial charge in [-0.25, -0.2) is 9.64 Å². The molecule has 0 saturated carbocycles. The van der Waals surface area contributed by atoms with E-state index in [0.29, 0.717) is 9.75 Å². The van der Waals surface area contributed by atoms with Crippen molar-refractivity contribution >= 4 is 98.9 Å². The second-order valence-electron chi connectivity index (χ2n) is 14.4. The molecule has 0 amide bonds. The van der Waals surface area contributed by atoms with Crippen LogP contribution in [-0.2, 0) is 9.59 Å². The Bertz CT molecular complexity index is 2770. The number of hydrogen-bond donors (Lipinski definition) is 2. The lowest BCUT2D eigenvalue weighted by atomic mass is 10.0. The molecule has 2 N–H and O–H groups in total. The van der Waals surface area contributed by atoms with Crippen LogP contribution in [-0.4, -0.2) is 27.9 Å². The lowest BCUT2D eigenvalue weighted by Crippen LogP contribution is -2.09. The summed E-state index contributed by atoms with van der Waals surface area (Å²) in [6.07, 6.45) is 9.38. The van der Waals surface area contributed by atoms with Gasteiger partial charge in [0, 0.05) is 41.5 Å². The van der Waals surface area contributed by atoms with Crippen molar-refractivity contribution in [3.8, 4) is 6.07 Å². The molecule has 10 heteroatoms. The van der Waals surface area contributed by atoms with Crippen molar-refractivity contribution in [2.75, 3.05) is 10.7 Å². The van der Waals surface area contributed by atoms with Crippen molar-refractivity contribution in [3.63, 3.8) is 0 Å². The molecule has 0 radical (unpaired) electrons. The average Bonchev–Trinajstić information content (AvgIpc) is 4.00. The third-order valence-corrected chi connectivity index (χ3v) is 13.2. The second kappa shape index (κ2) is 21.6. The molecule has 64 heavy (non-hydrogen) atoms. The Morgan fingerprint density at radius 2 is 1.11 bits per heavy atom. The SMILES string of the molecule is [C-]#[N+]/C(=C\c1ccc(/C(=C/c2ccc(N(c3ccc(/C=C(\c4ccccc4)c4ccc(/C=C(\C#N)C(=O)O)s4)cc3)c3ccc(SCCCC)cc3)cc2)c2ccccc2)s1)C(=O)O. The molecule has 0 spiro atoms. The molecule has 2 heterocycles. The van der Waals surface area contributed by atoms with Gasteiger partial charge in [0.1, 0.15) is 11.6 Å². The van der Waals surface area contributed by atoms with Gasteiger partial charge in [-0.3, -0.25) is 4.79 Å². The number of rotatable bonds is 17. The standard InChI is InChI=1S/C54H41N3O4S3/c1-3-4-31-62-45-25-23-44(24-26-45)57(42-19-15-37(16-20-42)32-48(39-11-7-5-8-12-39)51-29-27-46(63-51)34-41(36-55)53(58)59)43-21-17-38(18-22-43)33-49(40-13-9-6-10-14-40)52-30-28-47(64-52)35-50(56-2)54(60)61/h5-30,32-35H,3-4,31H2,1H3,(H,58,59)(H,60,61)/b41-34+,48-32+,49-33+,50-35-. The summed E-state index contributed by atoms with van der Waals surface area (Å²) < 4.78 is 0. The number of carboxylic acids is 2. The van der Waals surface area contributed by atoms with Crippen LogP contribution in [0.5, 0.6) is 0 Å². The molecule has 0 unspecified atom stereocenters. The van der Waals surface area contributed by atoms with Crippen molar-refractivity contribution in [1.82, 2.24) is 0 Å². The zero-order valence-electron chi connectivity index (χ0n) is 34.7. The first-order chi connectivity index (χ1) is 31.2. The van der Waals surface area contributed by atoms with Crippen molar-refractivity contribution in [2.45, 2.75) is 24.7 Å². The third-order valence-electron chi connectivity index (χ3n) is 10.00. The van der Waals surface area contributed by atoms with Gasteiger partial charge in [0.25, 0.3) is 5.70 Å². The topological polar surface area (TPSA) is 106 Å². The Balaban J connectivity index is 1.25. The van der Waals surface area contributed by atoms with E-state index in [1.807, 2.05) is 96.7 Å². The van der Waals surface area contributed by atoms with Crippen LogP contribution in [0, 0.1) is 17.9 Å². The normalized spacial score (nSPS) is 12.0. The smallest absolute Gasteiger partial charge is 0.346 e. The van der Waals surface area contributed by atoms with Crippen LogP contribution in [0.25, 0.3) is 40.3 Å². The molecule has 0 aliphatic heterocycles. The van der Waals surface area contributed by atoms with Crippen LogP contribution in [0.2, 0.25) is 0 Å². The number of carboxylic acid groups (broad SMARTS) is 2. The van der Waals surface area contributed by atoms with Gasteiger partial charge >= 0.3 is 11.9 Å². The molecule has 5 aromatic carbocycles. The minimum atomic E-state index is -1.26. The maximum absolute atomic E-state index is 11.5. The minimum absolute atomic E-state index is 0.315. The second-order valence-corrected chi connectivity index (χ2v) is 17.8. The molecule has 7 rings (SSSR count). The molecule has 0 aliphatic rings. The fraction of sp³-hybridized carbons (Fsp3) is 0.0741. The first kappa shape index (κ1) is 44.6. The van der Waals surface area contributed by atoms with Crippen LogP contribution in [0.4, 0.5) is 17.1 Å². The van der Waals surface area contributed by atoms with E-state index in [4.69, 9.17) is 6.57 Å². The maximum Gasteiger partial charge on any atom is 0.346 e. The summed E-state index contributed by atoms with van der Waals surface area (Å²) in [5.41, 5.74) is 8.25. The number of unbranched alkanes of at least 4 members (excludes halogenated alkanes) is 1. The van der Waals surface area contributed by atoms with Crippen LogP contribution in [0.3, 0.4) is 0 Å². The number of hydrogen-bond acceptors (Lipinski definition) is 7. The molecule has 0 fully saturated rings. The zero-order valence-corrected chi connectivity index (χ0v) is 37.2. The van der Waals surface area contributed by atoms with Crippen LogP contribution >= 0.6 is 34.4 Å². The van der Waals surface area contributed by atoms with Crippen LogP contribution in [0.15, 0.2) is 174 Å². The van der Waals surface area contributed by atoms with Gasteiger partial charge in [0.15, 0.2) is 0 Å². The minimum Gasteiger partial charge on any atom is -0.486 e. The number of nitrogens with zero attached hydrogens (tertiary/aromatic N) is 3. The van der Waals surface area contributed by atoms with Gasteiger partial charge in [0.05, 0.1) is 6.57 Å². The van der Waals surface area contributed by atoms with E-state index in [0.717, 1.165) is 78.8 Å². The fourth-order valence-corrected chi connectivity index (χ4v) is 9.76. The molecular weight excluding hydrogens is 851 g/mol. The molecule has 0 saturated heterocycles. The highest BCUT2D eigenvalue weighted by atomic mass is 32.2. The van der Waals surface area contributed by atoms with Crippen molar-refractivity contribution in [2.24, 2.45) is 0 Å². The zero-order chi connectivity index (χ0) is 44.8. The Hall–Kier alpha value is -7.47. The predicted octanol–water partition coefficient (Wildman–Crippen LogP) is 14.7. The van der Waals surface area contributed by atoms with Crippen molar-refractivity contribution < 1.29 is 19.8 Å². The molecule has 0 atom stereocenters. The summed E-state index contributed by atoms with van der Waals surface area (Å²) in [7, 11) is 0. The number of carbonyl (C=O) groups is 2. The van der Waals surface area contributed by atoms with E-state index in [2.05, 4.69) is 102 Å². The van der Waals surface area contributed by atoms with E-state index < -0.39 is 11.9 Å². The Morgan fingerprint density at radius 3 is 1.53 bits per heavy atom. The van der Waals surface area contributed by atoms with E-state index >= 15 is 0 Å². The molecule has 0 bridgehead atoms. The van der Waals surface area contributed by atoms with Gasteiger partial charge < -0.3 is 15.1 Å². The monoisotopic (exact) mass is 891 g/mol. The highest BCUT2D eigenvalue weighted by Gasteiger charge is 2.16. The highest BCUT2D eigenvalue weighted by molar-refractivity contribution is 7.99. The predicted molar refractivity (Wildman–Crippen MR) is 266 cm³/mol. The first-order valence-corrected chi connectivity index (χ1v) is 23.0. The Kier molecular flexibility index (Phi) is 15.0. The maximum atomic E-state index is 11.5. The highest BCUT2D eigenvalue weighted by Crippen LogP contribution is 2.39. The quantitative estimate of drug-likeness (QED) is 0.0234. The van der Waals surface area contributed by atoms with E-state index in [9.17, 15) is 25.1 Å². The van der Waals surface area contributed by atoms with Crippen molar-refractivity contribution in [3.05, 3.63) is 222 Å². The summed E-state index contributed by atoms with van der Waals surface area (Å²) in [5.74, 6) is -1.44. The molecule has 7 aromatic rings. The van der Waals surface area contributed by atoms with E-state index in [1.54, 1.807) is 6.07 Å². The van der Waals surface area contributed by atoms with Gasteiger partial charge in [-0.05, 0) is 143 Å². The Labute approximate surface area is 385 Å². The summed E-state index contributed by atoms with van der Waals surface area (Å²) in [4.78, 5) is 33.0. The van der Waals surface area contributed by atoms with E-state index in [-0.39, 0.29) is 11.3 Å². The van der Waals surface area contributed by atoms with Gasteiger partial charge in [-0.2, -0.15) is 5.26 Å². The number of thiophene rings is 2. The summed E-state index contributed by atoms with van der Waals surface area (Å²) in [6.45, 7) is 9.48. The number of nitriles is 1. The Morgan fingerprint density at radius 1 is 0.641 bits per heavy atom. The van der Waals surface area contributed by atoms with Crippen molar-refractivity contribution in [1.29, 1.82) is 5.26 Å². The molecule has 7 nitrogen and oxygen atoms in total. The summed E-state index contributed by atoms with van der Waals surface area (Å²) in [5, 5.41) is 28.2. The first-order valence-electron chi connectivity index (χ1n) is 20.4. The van der Waals surface area contributed by atoms with Gasteiger partial charge in [-0.15, -0.1) is 34.4 Å². The van der Waals surface area contributed by atoms with Gasteiger partial charge in [-0.1, -0.05) is 98.3 Å². The molecule has 2 aromatic heterocycles. The van der Waals surface area contributed by atoms with Gasteiger partial charge in [0.2, 0.25) is 0 Å². The molecule has 0 aliphatic carbocycles. The third kappa shape index (κ3) is 11.3. The molecular formula is C54H41N3O4S3. The average molecular weight is 892 g/mol. The lowest BCUT2D eigenvalue weighted by molar-refractivity contribution is -0.133. The fourth-order valence-electron chi connectivity index (χ4n) is 6.79. The van der Waals surface area contributed by atoms with E-state index in [1.165, 1.54) is 39.7 Å². The lowest BCUT2D eigenvalue weighted by Gasteiger charge is -2.26. The largest absolute Gasteiger partial charge is 0.486 e. The number of anilines is 3. The molecule has 314 valence electrons. The number of thioether (sulfide) groups is 1. The summed E-state index contributed by atoms with van der Waals surface area (Å²) in [6, 6.07) is 55.0.